The number of H-pyrrole nitrogens is 1. The van der Waals surface area contributed by atoms with Crippen molar-refractivity contribution in [3.05, 3.63) is 22.2 Å². The lowest BCUT2D eigenvalue weighted by Crippen LogP contribution is -2.36. The summed E-state index contributed by atoms with van der Waals surface area (Å²) in [5.41, 5.74) is 13.4. The zero-order valence-corrected chi connectivity index (χ0v) is 10.9. The normalized spacial score (nSPS) is 27.9. The van der Waals surface area contributed by atoms with Crippen LogP contribution in [0.25, 0.3) is 16.7 Å². The van der Waals surface area contributed by atoms with E-state index in [9.17, 15) is 20.1 Å². The van der Waals surface area contributed by atoms with E-state index in [0.717, 1.165) is 0 Å². The highest BCUT2D eigenvalue weighted by atomic mass is 16.6. The number of nitrogen functional groups attached to an aromatic ring is 1. The van der Waals surface area contributed by atoms with Crippen LogP contribution in [0.1, 0.15) is 6.23 Å². The molecule has 12 heteroatoms. The van der Waals surface area contributed by atoms with Gasteiger partial charge in [-0.05, 0) is 0 Å². The van der Waals surface area contributed by atoms with Gasteiger partial charge < -0.3 is 31.3 Å². The molecule has 6 N–H and O–H groups in total. The van der Waals surface area contributed by atoms with Crippen LogP contribution in [0, 0.1) is 0 Å². The van der Waals surface area contributed by atoms with Crippen LogP contribution in [-0.2, 0) is 4.74 Å². The Balaban J connectivity index is 2.09. The minimum absolute atomic E-state index is 0.0265. The number of aliphatic hydroxyl groups is 3. The quantitative estimate of drug-likeness (QED) is 0.174. The minimum atomic E-state index is -1.56. The standard InChI is InChI=1S/C10H11N7O5/c11-10-14-6-2(7(20)15-10)13-1-17(6)9-4(19)3(18)5(22-9)8(21)16-12/h1,3-5,9,18-19,21H,(H3,11,14,15,20)/t3-,4+,5-,9+/m0/s1. The molecule has 12 nitrogen and oxygen atoms in total. The number of anilines is 1. The van der Waals surface area contributed by atoms with Crippen LogP contribution in [0.15, 0.2) is 11.1 Å². The summed E-state index contributed by atoms with van der Waals surface area (Å²) in [6.45, 7) is 0. The second-order valence-electron chi connectivity index (χ2n) is 4.66. The number of nitrogens with zero attached hydrogens (tertiary/aromatic N) is 5. The second kappa shape index (κ2) is 4.89. The fraction of sp³-hybridized carbons (Fsp3) is 0.400. The molecule has 1 fully saturated rings. The summed E-state index contributed by atoms with van der Waals surface area (Å²) in [4.78, 5) is 24.2. The minimum Gasteiger partial charge on any atom is -0.449 e. The van der Waals surface area contributed by atoms with Crippen LogP contribution in [0.3, 0.4) is 0 Å². The molecule has 1 aliphatic heterocycles. The molecule has 116 valence electrons. The highest BCUT2D eigenvalue weighted by Gasteiger charge is 2.50. The molecule has 4 atom stereocenters. The number of nitrogens with one attached hydrogen (secondary N) is 1. The van der Waals surface area contributed by atoms with Crippen LogP contribution in [0.2, 0.25) is 0 Å². The summed E-state index contributed by atoms with van der Waals surface area (Å²) in [5, 5.41) is 29.2. The lowest BCUT2D eigenvalue weighted by molar-refractivity contribution is -0.0748. The summed E-state index contributed by atoms with van der Waals surface area (Å²) >= 11 is 0. The molecule has 3 heterocycles. The largest absolute Gasteiger partial charge is 0.479 e. The van der Waals surface area contributed by atoms with Gasteiger partial charge in [-0.25, -0.2) is 4.98 Å². The molecule has 2 aromatic rings. The Bertz CT molecular complexity index is 838. The molecule has 0 unspecified atom stereocenters. The molecule has 1 saturated heterocycles. The number of aromatic amines is 1. The molecular weight excluding hydrogens is 298 g/mol. The van der Waals surface area contributed by atoms with E-state index in [1.165, 1.54) is 10.9 Å². The van der Waals surface area contributed by atoms with Crippen molar-refractivity contribution in [1.82, 2.24) is 19.5 Å². The fourth-order valence-corrected chi connectivity index (χ4v) is 2.29. The van der Waals surface area contributed by atoms with Gasteiger partial charge in [-0.1, -0.05) is 0 Å². The molecular formula is C10H11N7O5. The highest BCUT2D eigenvalue weighted by molar-refractivity contribution is 5.74. The predicted octanol–water partition coefficient (Wildman–Crippen LogP) is -2.49. The van der Waals surface area contributed by atoms with E-state index >= 15 is 0 Å². The third-order valence-corrected chi connectivity index (χ3v) is 3.32. The predicted molar refractivity (Wildman–Crippen MR) is 69.7 cm³/mol. The summed E-state index contributed by atoms with van der Waals surface area (Å²) in [6.07, 6.45) is -4.54. The first-order valence-electron chi connectivity index (χ1n) is 6.09. The molecule has 0 aliphatic carbocycles. The number of aliphatic hydroxyl groups excluding tert-OH is 3. The third kappa shape index (κ3) is 1.95. The van der Waals surface area contributed by atoms with E-state index in [0.29, 0.717) is 0 Å². The first kappa shape index (κ1) is 14.2. The smallest absolute Gasteiger partial charge is 0.449 e. The van der Waals surface area contributed by atoms with Gasteiger partial charge in [-0.3, -0.25) is 14.3 Å². The summed E-state index contributed by atoms with van der Waals surface area (Å²) in [6, 6.07) is 0. The Morgan fingerprint density at radius 3 is 2.91 bits per heavy atom. The maximum absolute atomic E-state index is 11.7. The van der Waals surface area contributed by atoms with Gasteiger partial charge in [0, 0.05) is 0 Å². The van der Waals surface area contributed by atoms with E-state index < -0.39 is 36.0 Å². The van der Waals surface area contributed by atoms with Gasteiger partial charge in [0.15, 0.2) is 17.4 Å². The Labute approximate surface area is 121 Å². The Hall–Kier alpha value is -2.79. The summed E-state index contributed by atoms with van der Waals surface area (Å²) in [7, 11) is 0. The lowest BCUT2D eigenvalue weighted by Gasteiger charge is -2.16. The van der Waals surface area contributed by atoms with Crippen molar-refractivity contribution < 1.29 is 24.8 Å². The molecule has 1 aliphatic rings. The van der Waals surface area contributed by atoms with Crippen molar-refractivity contribution in [2.24, 2.45) is 0 Å². The number of imidazole rings is 1. The molecule has 0 saturated carbocycles. The first-order valence-corrected chi connectivity index (χ1v) is 6.09. The zero-order chi connectivity index (χ0) is 16.0. The summed E-state index contributed by atoms with van der Waals surface area (Å²) < 4.78 is 6.44. The highest BCUT2D eigenvalue weighted by Crippen LogP contribution is 2.31. The van der Waals surface area contributed by atoms with Gasteiger partial charge in [0.1, 0.15) is 12.2 Å². The maximum atomic E-state index is 11.7. The molecule has 0 aromatic carbocycles. The van der Waals surface area contributed by atoms with Crippen LogP contribution in [-0.4, -0.2) is 63.8 Å². The third-order valence-electron chi connectivity index (χ3n) is 3.32. The fourth-order valence-electron chi connectivity index (χ4n) is 2.29. The van der Waals surface area contributed by atoms with Crippen LogP contribution >= 0.6 is 0 Å². The van der Waals surface area contributed by atoms with E-state index in [2.05, 4.69) is 19.7 Å². The maximum Gasteiger partial charge on any atom is 0.479 e. The number of ether oxygens (including phenoxy) is 1. The SMILES string of the molecule is [N-]=[N+]=C(O)[C@H]1O[C@@H](n2cnc3c(=O)[nH]c(N)nc32)[C@H](O)[C@@H]1O. The van der Waals surface area contributed by atoms with Crippen molar-refractivity contribution in [2.45, 2.75) is 24.5 Å². The Morgan fingerprint density at radius 2 is 2.23 bits per heavy atom. The van der Waals surface area contributed by atoms with Crippen molar-refractivity contribution in [3.63, 3.8) is 0 Å². The first-order chi connectivity index (χ1) is 10.4. The van der Waals surface area contributed by atoms with Gasteiger partial charge in [0.2, 0.25) is 12.1 Å². The van der Waals surface area contributed by atoms with E-state index in [4.69, 9.17) is 16.0 Å². The molecule has 2 aromatic heterocycles. The average Bonchev–Trinajstić information content (AvgIpc) is 3.01. The van der Waals surface area contributed by atoms with Gasteiger partial charge in [0.05, 0.1) is 6.33 Å². The number of fused-ring (bicyclic) bond motifs is 1. The molecule has 0 spiro atoms. The van der Waals surface area contributed by atoms with Crippen molar-refractivity contribution in [3.8, 4) is 0 Å². The number of nitrogens with two attached hydrogens (primary N) is 1. The van der Waals surface area contributed by atoms with Gasteiger partial charge in [-0.2, -0.15) is 4.98 Å². The van der Waals surface area contributed by atoms with Crippen molar-refractivity contribution in [2.75, 3.05) is 5.73 Å². The monoisotopic (exact) mass is 309 g/mol. The Morgan fingerprint density at radius 1 is 1.50 bits per heavy atom. The molecule has 0 bridgehead atoms. The number of aromatic nitrogens is 4. The van der Waals surface area contributed by atoms with Gasteiger partial charge in [-0.15, -0.1) is 4.79 Å². The molecule has 0 radical (unpaired) electrons. The molecule has 22 heavy (non-hydrogen) atoms. The molecule has 3 rings (SSSR count). The van der Waals surface area contributed by atoms with Crippen molar-refractivity contribution >= 4 is 23.0 Å². The van der Waals surface area contributed by atoms with E-state index in [1.807, 2.05) is 0 Å². The lowest BCUT2D eigenvalue weighted by atomic mass is 10.1. The van der Waals surface area contributed by atoms with Crippen molar-refractivity contribution in [1.29, 1.82) is 0 Å². The van der Waals surface area contributed by atoms with E-state index in [1.54, 1.807) is 0 Å². The number of hydrogen-bond acceptors (Lipinski definition) is 7. The van der Waals surface area contributed by atoms with Crippen LogP contribution < -0.4 is 11.3 Å². The second-order valence-corrected chi connectivity index (χ2v) is 4.66. The number of rotatable bonds is 2. The van der Waals surface area contributed by atoms with Gasteiger partial charge in [0.25, 0.3) is 5.56 Å². The number of hydrogen-bond donors (Lipinski definition) is 5. The van der Waals surface area contributed by atoms with Crippen LogP contribution in [0.4, 0.5) is 5.95 Å². The summed E-state index contributed by atoms with van der Waals surface area (Å²) in [5.74, 6) is -1.06. The zero-order valence-electron chi connectivity index (χ0n) is 10.9. The van der Waals surface area contributed by atoms with E-state index in [-0.39, 0.29) is 17.1 Å². The topological polar surface area (TPSA) is 196 Å². The Kier molecular flexibility index (Phi) is 3.15. The van der Waals surface area contributed by atoms with Gasteiger partial charge >= 0.3 is 5.90 Å². The molecule has 0 amide bonds. The average molecular weight is 309 g/mol. The van der Waals surface area contributed by atoms with Crippen LogP contribution in [0.5, 0.6) is 0 Å².